The molecule has 72 valence electrons. The first-order valence-electron chi connectivity index (χ1n) is 4.82. The summed E-state index contributed by atoms with van der Waals surface area (Å²) in [7, 11) is 0. The Morgan fingerprint density at radius 2 is 1.67 bits per heavy atom. The predicted octanol–water partition coefficient (Wildman–Crippen LogP) is 3.47. The third kappa shape index (κ3) is 1.54. The van der Waals surface area contributed by atoms with Gasteiger partial charge in [0, 0.05) is 21.8 Å². The molecule has 0 fully saturated rings. The van der Waals surface area contributed by atoms with E-state index in [9.17, 15) is 0 Å². The quantitative estimate of drug-likeness (QED) is 0.544. The van der Waals surface area contributed by atoms with Gasteiger partial charge in [-0.2, -0.15) is 0 Å². The van der Waals surface area contributed by atoms with Gasteiger partial charge in [-0.15, -0.1) is 0 Å². The van der Waals surface area contributed by atoms with E-state index in [2.05, 4.69) is 54.4 Å². The Bertz CT molecular complexity index is 619. The van der Waals surface area contributed by atoms with Gasteiger partial charge in [0.15, 0.2) is 0 Å². The number of fused-ring (bicyclic) bond motifs is 3. The zero-order valence-electron chi connectivity index (χ0n) is 10.7. The van der Waals surface area contributed by atoms with Crippen molar-refractivity contribution in [3.8, 4) is 0 Å². The summed E-state index contributed by atoms with van der Waals surface area (Å²) >= 11 is 0. The standard InChI is InChI=1S/C13H11N.Mg.2H/c1-9-5-4-7-11-10-6-2-3-8-12(10)14-13(9)11;;;/h2-8,14H,1H3;;;/q;+2;2*-1. The van der Waals surface area contributed by atoms with Gasteiger partial charge in [-0.1, -0.05) is 36.4 Å². The van der Waals surface area contributed by atoms with Crippen molar-refractivity contribution in [2.75, 3.05) is 0 Å². The summed E-state index contributed by atoms with van der Waals surface area (Å²) in [5.74, 6) is 0. The second-order valence-electron chi connectivity index (χ2n) is 3.67. The van der Waals surface area contributed by atoms with Crippen LogP contribution in [0.5, 0.6) is 0 Å². The normalized spacial score (nSPS) is 10.5. The van der Waals surface area contributed by atoms with Gasteiger partial charge < -0.3 is 7.84 Å². The summed E-state index contributed by atoms with van der Waals surface area (Å²) in [4.78, 5) is 3.45. The van der Waals surface area contributed by atoms with Crippen molar-refractivity contribution >= 4 is 44.9 Å². The first kappa shape index (κ1) is 10.5. The van der Waals surface area contributed by atoms with Gasteiger partial charge >= 0.3 is 23.1 Å². The second-order valence-corrected chi connectivity index (χ2v) is 3.67. The molecule has 0 bridgehead atoms. The van der Waals surface area contributed by atoms with E-state index < -0.39 is 0 Å². The fraction of sp³-hybridized carbons (Fsp3) is 0.0769. The van der Waals surface area contributed by atoms with Gasteiger partial charge in [-0.05, 0) is 18.6 Å². The van der Waals surface area contributed by atoms with E-state index in [1.54, 1.807) is 0 Å². The van der Waals surface area contributed by atoms with Crippen molar-refractivity contribution in [1.29, 1.82) is 0 Å². The van der Waals surface area contributed by atoms with Crippen molar-refractivity contribution in [1.82, 2.24) is 4.98 Å². The summed E-state index contributed by atoms with van der Waals surface area (Å²) < 4.78 is 0. The van der Waals surface area contributed by atoms with E-state index in [-0.39, 0.29) is 25.9 Å². The van der Waals surface area contributed by atoms with Crippen LogP contribution in [-0.4, -0.2) is 28.0 Å². The molecule has 0 unspecified atom stereocenters. The summed E-state index contributed by atoms with van der Waals surface area (Å²) in [6.45, 7) is 2.14. The predicted molar refractivity (Wildman–Crippen MR) is 68.5 cm³/mol. The number of hydrogen-bond donors (Lipinski definition) is 1. The van der Waals surface area contributed by atoms with Crippen LogP contribution in [0.4, 0.5) is 0 Å². The zero-order valence-corrected chi connectivity index (χ0v) is 10.2. The molecule has 3 rings (SSSR count). The number of H-pyrrole nitrogens is 1. The molecular formula is C13H13MgN. The number of nitrogens with one attached hydrogen (secondary N) is 1. The largest absolute Gasteiger partial charge is 2.00 e. The van der Waals surface area contributed by atoms with E-state index in [0.717, 1.165) is 0 Å². The summed E-state index contributed by atoms with van der Waals surface area (Å²) in [5.41, 5.74) is 3.78. The summed E-state index contributed by atoms with van der Waals surface area (Å²) in [6, 6.07) is 14.8. The Kier molecular flexibility index (Phi) is 2.72. The van der Waals surface area contributed by atoms with E-state index >= 15 is 0 Å². The molecule has 2 heteroatoms. The molecule has 0 spiro atoms. The van der Waals surface area contributed by atoms with Crippen molar-refractivity contribution in [3.63, 3.8) is 0 Å². The van der Waals surface area contributed by atoms with Crippen molar-refractivity contribution in [3.05, 3.63) is 48.0 Å². The maximum Gasteiger partial charge on any atom is 2.00 e. The topological polar surface area (TPSA) is 15.8 Å². The summed E-state index contributed by atoms with van der Waals surface area (Å²) in [5, 5.41) is 2.63. The van der Waals surface area contributed by atoms with E-state index in [1.807, 2.05) is 0 Å². The van der Waals surface area contributed by atoms with Gasteiger partial charge in [0.05, 0.1) is 0 Å². The maximum atomic E-state index is 3.45. The maximum absolute atomic E-state index is 3.45. The third-order valence-electron chi connectivity index (χ3n) is 2.75. The van der Waals surface area contributed by atoms with E-state index in [0.29, 0.717) is 0 Å². The molecule has 0 saturated carbocycles. The van der Waals surface area contributed by atoms with Gasteiger partial charge in [-0.25, -0.2) is 0 Å². The van der Waals surface area contributed by atoms with Crippen LogP contribution in [-0.2, 0) is 0 Å². The van der Waals surface area contributed by atoms with E-state index in [4.69, 9.17) is 0 Å². The minimum atomic E-state index is 0. The molecular weight excluding hydrogens is 194 g/mol. The fourth-order valence-electron chi connectivity index (χ4n) is 2.02. The van der Waals surface area contributed by atoms with Crippen LogP contribution in [0, 0.1) is 6.92 Å². The number of para-hydroxylation sites is 2. The second kappa shape index (κ2) is 3.87. The first-order chi connectivity index (χ1) is 6.86. The molecule has 0 saturated heterocycles. The first-order valence-corrected chi connectivity index (χ1v) is 4.82. The number of aromatic nitrogens is 1. The Balaban J connectivity index is 0.000000853. The molecule has 0 radical (unpaired) electrons. The smallest absolute Gasteiger partial charge is 1.00 e. The molecule has 1 N–H and O–H groups in total. The van der Waals surface area contributed by atoms with Crippen LogP contribution >= 0.6 is 0 Å². The van der Waals surface area contributed by atoms with Crippen LogP contribution in [0.3, 0.4) is 0 Å². The van der Waals surface area contributed by atoms with Crippen molar-refractivity contribution in [2.45, 2.75) is 6.92 Å². The molecule has 0 amide bonds. The number of hydrogen-bond acceptors (Lipinski definition) is 0. The van der Waals surface area contributed by atoms with Crippen LogP contribution < -0.4 is 0 Å². The molecule has 2 aromatic carbocycles. The van der Waals surface area contributed by atoms with Crippen LogP contribution in [0.15, 0.2) is 42.5 Å². The molecule has 0 aliphatic heterocycles. The van der Waals surface area contributed by atoms with Crippen LogP contribution in [0.2, 0.25) is 0 Å². The minimum Gasteiger partial charge on any atom is -1.00 e. The monoisotopic (exact) mass is 207 g/mol. The van der Waals surface area contributed by atoms with Crippen molar-refractivity contribution < 1.29 is 2.85 Å². The number of aryl methyl sites for hydroxylation is 1. The average Bonchev–Trinajstić information content (AvgIpc) is 2.59. The Labute approximate surface area is 108 Å². The van der Waals surface area contributed by atoms with Gasteiger partial charge in [0.2, 0.25) is 0 Å². The van der Waals surface area contributed by atoms with Crippen LogP contribution in [0.1, 0.15) is 8.42 Å². The SMILES string of the molecule is Cc1cccc2c1[nH]c1ccccc12.[H-].[H-].[Mg+2]. The number of benzene rings is 2. The zero-order chi connectivity index (χ0) is 9.54. The molecule has 1 heterocycles. The molecule has 0 atom stereocenters. The third-order valence-corrected chi connectivity index (χ3v) is 2.75. The Morgan fingerprint density at radius 1 is 0.933 bits per heavy atom. The molecule has 0 aliphatic rings. The number of aromatic amines is 1. The van der Waals surface area contributed by atoms with E-state index in [1.165, 1.54) is 27.4 Å². The van der Waals surface area contributed by atoms with Gasteiger partial charge in [-0.3, -0.25) is 0 Å². The molecule has 3 aromatic rings. The Hall–Kier alpha value is -0.994. The molecule has 0 aliphatic carbocycles. The molecule has 1 aromatic heterocycles. The van der Waals surface area contributed by atoms with Crippen molar-refractivity contribution in [2.24, 2.45) is 0 Å². The Morgan fingerprint density at radius 3 is 2.53 bits per heavy atom. The van der Waals surface area contributed by atoms with Gasteiger partial charge in [0.25, 0.3) is 0 Å². The number of rotatable bonds is 0. The fourth-order valence-corrected chi connectivity index (χ4v) is 2.02. The van der Waals surface area contributed by atoms with Gasteiger partial charge in [0.1, 0.15) is 0 Å². The molecule has 1 nitrogen and oxygen atoms in total. The average molecular weight is 208 g/mol. The summed E-state index contributed by atoms with van der Waals surface area (Å²) in [6.07, 6.45) is 0. The molecule has 15 heavy (non-hydrogen) atoms. The minimum absolute atomic E-state index is 0. The van der Waals surface area contributed by atoms with Crippen LogP contribution in [0.25, 0.3) is 21.8 Å².